The SMILES string of the molecule is CCC(CC)N(CCO)c1cccc(C(N)=O)c1N. The van der Waals surface area contributed by atoms with Crippen molar-refractivity contribution in [2.45, 2.75) is 32.7 Å². The van der Waals surface area contributed by atoms with Crippen molar-refractivity contribution in [2.75, 3.05) is 23.8 Å². The summed E-state index contributed by atoms with van der Waals surface area (Å²) >= 11 is 0. The number of anilines is 2. The van der Waals surface area contributed by atoms with E-state index in [9.17, 15) is 9.90 Å². The lowest BCUT2D eigenvalue weighted by atomic mass is 10.1. The zero-order valence-electron chi connectivity index (χ0n) is 11.6. The molecule has 0 saturated carbocycles. The molecular formula is C14H23N3O2. The third-order valence-electron chi connectivity index (χ3n) is 3.38. The van der Waals surface area contributed by atoms with Crippen LogP contribution in [0, 0.1) is 0 Å². The van der Waals surface area contributed by atoms with Crippen molar-refractivity contribution in [3.8, 4) is 0 Å². The fraction of sp³-hybridized carbons (Fsp3) is 0.500. The average Bonchev–Trinajstić information content (AvgIpc) is 2.39. The number of nitrogen functional groups attached to an aromatic ring is 1. The number of rotatable bonds is 7. The van der Waals surface area contributed by atoms with Crippen molar-refractivity contribution in [1.29, 1.82) is 0 Å². The van der Waals surface area contributed by atoms with Crippen LogP contribution >= 0.6 is 0 Å². The number of benzene rings is 1. The van der Waals surface area contributed by atoms with E-state index in [1.54, 1.807) is 12.1 Å². The Morgan fingerprint density at radius 3 is 2.47 bits per heavy atom. The van der Waals surface area contributed by atoms with Crippen molar-refractivity contribution >= 4 is 17.3 Å². The minimum absolute atomic E-state index is 0.0384. The number of hydrogen-bond acceptors (Lipinski definition) is 4. The second-order valence-corrected chi connectivity index (χ2v) is 4.49. The predicted octanol–water partition coefficient (Wildman–Crippen LogP) is 1.36. The van der Waals surface area contributed by atoms with Gasteiger partial charge >= 0.3 is 0 Å². The minimum atomic E-state index is -0.534. The third kappa shape index (κ3) is 3.38. The van der Waals surface area contributed by atoms with E-state index >= 15 is 0 Å². The molecule has 0 bridgehead atoms. The van der Waals surface area contributed by atoms with Crippen LogP contribution in [0.4, 0.5) is 11.4 Å². The summed E-state index contributed by atoms with van der Waals surface area (Å²) in [5, 5.41) is 9.23. The summed E-state index contributed by atoms with van der Waals surface area (Å²) in [6, 6.07) is 5.51. The monoisotopic (exact) mass is 265 g/mol. The molecule has 5 nitrogen and oxygen atoms in total. The molecule has 0 atom stereocenters. The van der Waals surface area contributed by atoms with Gasteiger partial charge in [0, 0.05) is 12.6 Å². The Hall–Kier alpha value is -1.75. The van der Waals surface area contributed by atoms with Gasteiger partial charge in [-0.1, -0.05) is 19.9 Å². The van der Waals surface area contributed by atoms with E-state index in [0.29, 0.717) is 17.8 Å². The van der Waals surface area contributed by atoms with Crippen LogP contribution < -0.4 is 16.4 Å². The lowest BCUT2D eigenvalue weighted by molar-refractivity contribution is 0.100. The maximum Gasteiger partial charge on any atom is 0.250 e. The van der Waals surface area contributed by atoms with Crippen LogP contribution in [0.15, 0.2) is 18.2 Å². The molecule has 0 aliphatic carbocycles. The maximum absolute atomic E-state index is 11.3. The first kappa shape index (κ1) is 15.3. The number of aliphatic hydroxyl groups is 1. The fourth-order valence-corrected chi connectivity index (χ4v) is 2.36. The van der Waals surface area contributed by atoms with Crippen LogP contribution in [0.25, 0.3) is 0 Å². The zero-order chi connectivity index (χ0) is 14.4. The van der Waals surface area contributed by atoms with E-state index in [1.807, 2.05) is 11.0 Å². The summed E-state index contributed by atoms with van der Waals surface area (Å²) in [7, 11) is 0. The largest absolute Gasteiger partial charge is 0.396 e. The van der Waals surface area contributed by atoms with Gasteiger partial charge in [-0.25, -0.2) is 0 Å². The van der Waals surface area contributed by atoms with Crippen molar-refractivity contribution < 1.29 is 9.90 Å². The Kier molecular flexibility index (Phi) is 5.63. The van der Waals surface area contributed by atoms with Crippen LogP contribution in [0.3, 0.4) is 0 Å². The molecule has 1 aromatic carbocycles. The number of carbonyl (C=O) groups is 1. The molecule has 1 amide bonds. The van der Waals surface area contributed by atoms with Crippen LogP contribution in [0.1, 0.15) is 37.0 Å². The van der Waals surface area contributed by atoms with E-state index in [0.717, 1.165) is 18.5 Å². The summed E-state index contributed by atoms with van der Waals surface area (Å²) in [6.07, 6.45) is 1.88. The van der Waals surface area contributed by atoms with E-state index in [-0.39, 0.29) is 12.6 Å². The molecule has 0 unspecified atom stereocenters. The van der Waals surface area contributed by atoms with Crippen LogP contribution in [0.2, 0.25) is 0 Å². The number of carbonyl (C=O) groups excluding carboxylic acids is 1. The summed E-state index contributed by atoms with van der Waals surface area (Å²) < 4.78 is 0. The van der Waals surface area contributed by atoms with Gasteiger partial charge in [-0.05, 0) is 25.0 Å². The van der Waals surface area contributed by atoms with Gasteiger partial charge in [0.25, 0.3) is 5.91 Å². The molecule has 0 heterocycles. The molecule has 5 heteroatoms. The Bertz CT molecular complexity index is 431. The minimum Gasteiger partial charge on any atom is -0.396 e. The molecule has 0 spiro atoms. The Labute approximate surface area is 114 Å². The predicted molar refractivity (Wildman–Crippen MR) is 78.2 cm³/mol. The molecule has 0 aromatic heterocycles. The molecule has 0 saturated heterocycles. The molecule has 106 valence electrons. The number of para-hydroxylation sites is 1. The van der Waals surface area contributed by atoms with Crippen LogP contribution in [0.5, 0.6) is 0 Å². The molecule has 0 radical (unpaired) electrons. The van der Waals surface area contributed by atoms with Gasteiger partial charge in [0.2, 0.25) is 0 Å². The normalized spacial score (nSPS) is 10.7. The van der Waals surface area contributed by atoms with Crippen molar-refractivity contribution in [3.63, 3.8) is 0 Å². The summed E-state index contributed by atoms with van der Waals surface area (Å²) in [5.74, 6) is -0.534. The summed E-state index contributed by atoms with van der Waals surface area (Å²) in [5.41, 5.74) is 12.8. The number of nitrogens with two attached hydrogens (primary N) is 2. The molecule has 0 fully saturated rings. The number of primary amides is 1. The fourth-order valence-electron chi connectivity index (χ4n) is 2.36. The maximum atomic E-state index is 11.3. The number of aliphatic hydroxyl groups excluding tert-OH is 1. The Balaban J connectivity index is 3.22. The number of hydrogen-bond donors (Lipinski definition) is 3. The quantitative estimate of drug-likeness (QED) is 0.649. The van der Waals surface area contributed by atoms with Gasteiger partial charge in [0.15, 0.2) is 0 Å². The lowest BCUT2D eigenvalue weighted by Gasteiger charge is -2.33. The number of nitrogens with zero attached hydrogens (tertiary/aromatic N) is 1. The van der Waals surface area contributed by atoms with Gasteiger partial charge in [0.05, 0.1) is 23.5 Å². The third-order valence-corrected chi connectivity index (χ3v) is 3.38. The standard InChI is InChI=1S/C14H23N3O2/c1-3-10(4-2)17(8-9-18)12-7-5-6-11(13(12)15)14(16)19/h5-7,10,18H,3-4,8-9,15H2,1-2H3,(H2,16,19). The molecule has 1 aromatic rings. The topological polar surface area (TPSA) is 92.6 Å². The average molecular weight is 265 g/mol. The Morgan fingerprint density at radius 1 is 1.37 bits per heavy atom. The van der Waals surface area contributed by atoms with Crippen molar-refractivity contribution in [3.05, 3.63) is 23.8 Å². The van der Waals surface area contributed by atoms with Gasteiger partial charge in [-0.15, -0.1) is 0 Å². The van der Waals surface area contributed by atoms with Gasteiger partial charge in [-0.2, -0.15) is 0 Å². The highest BCUT2D eigenvalue weighted by molar-refractivity contribution is 6.00. The molecule has 19 heavy (non-hydrogen) atoms. The van der Waals surface area contributed by atoms with E-state index < -0.39 is 5.91 Å². The molecule has 5 N–H and O–H groups in total. The second-order valence-electron chi connectivity index (χ2n) is 4.49. The highest BCUT2D eigenvalue weighted by Crippen LogP contribution is 2.29. The van der Waals surface area contributed by atoms with Gasteiger partial charge < -0.3 is 21.5 Å². The highest BCUT2D eigenvalue weighted by Gasteiger charge is 2.19. The first-order valence-electron chi connectivity index (χ1n) is 6.62. The summed E-state index contributed by atoms with van der Waals surface area (Å²) in [4.78, 5) is 13.4. The summed E-state index contributed by atoms with van der Waals surface area (Å²) in [6.45, 7) is 4.70. The van der Waals surface area contributed by atoms with Crippen LogP contribution in [-0.2, 0) is 0 Å². The van der Waals surface area contributed by atoms with Gasteiger partial charge in [-0.3, -0.25) is 4.79 Å². The first-order valence-corrected chi connectivity index (χ1v) is 6.62. The van der Waals surface area contributed by atoms with E-state index in [1.165, 1.54) is 0 Å². The Morgan fingerprint density at radius 2 is 2.00 bits per heavy atom. The van der Waals surface area contributed by atoms with Crippen LogP contribution in [-0.4, -0.2) is 30.2 Å². The molecular weight excluding hydrogens is 242 g/mol. The molecule has 0 aliphatic rings. The highest BCUT2D eigenvalue weighted by atomic mass is 16.3. The molecule has 0 aliphatic heterocycles. The van der Waals surface area contributed by atoms with Crippen molar-refractivity contribution in [1.82, 2.24) is 0 Å². The zero-order valence-corrected chi connectivity index (χ0v) is 11.6. The molecule has 1 rings (SSSR count). The smallest absolute Gasteiger partial charge is 0.250 e. The second kappa shape index (κ2) is 6.99. The number of amides is 1. The van der Waals surface area contributed by atoms with E-state index in [4.69, 9.17) is 11.5 Å². The first-order chi connectivity index (χ1) is 9.06. The van der Waals surface area contributed by atoms with E-state index in [2.05, 4.69) is 13.8 Å². The van der Waals surface area contributed by atoms with Gasteiger partial charge in [0.1, 0.15) is 0 Å². The van der Waals surface area contributed by atoms with Crippen molar-refractivity contribution in [2.24, 2.45) is 5.73 Å². The lowest BCUT2D eigenvalue weighted by Crippen LogP contribution is -2.37.